The van der Waals surface area contributed by atoms with Crippen LogP contribution in [0.4, 0.5) is 37.7 Å². The van der Waals surface area contributed by atoms with Gasteiger partial charge in [0.25, 0.3) is 5.69 Å². The Labute approximate surface area is 701 Å². The third-order valence-electron chi connectivity index (χ3n) is 17.2. The zero-order valence-corrected chi connectivity index (χ0v) is 73.7. The van der Waals surface area contributed by atoms with Crippen LogP contribution in [0.25, 0.3) is 0 Å². The van der Waals surface area contributed by atoms with Gasteiger partial charge in [-0.2, -0.15) is 10.5 Å². The Kier molecular flexibility index (Phi) is 48.8. The molecule has 0 spiro atoms. The summed E-state index contributed by atoms with van der Waals surface area (Å²) in [5, 5.41) is 39.3. The zero-order valence-electron chi connectivity index (χ0n) is 72.2. The fourth-order valence-electron chi connectivity index (χ4n) is 10.0. The molecule has 630 valence electrons. The van der Waals surface area contributed by atoms with E-state index in [9.17, 15) is 41.3 Å². The molecule has 1 amide bonds. The van der Waals surface area contributed by atoms with Crippen LogP contribution in [0.5, 0.6) is 28.7 Å². The van der Waals surface area contributed by atoms with E-state index in [1.165, 1.54) is 80.7 Å². The number of phenolic OH excluding ortho intramolecular Hbond substituents is 1. The van der Waals surface area contributed by atoms with Gasteiger partial charge in [-0.05, 0) is 218 Å². The highest BCUT2D eigenvalue weighted by atomic mass is 79.9. The number of halogens is 7. The second-order valence-electron chi connectivity index (χ2n) is 30.1. The molecule has 0 unspecified atom stereocenters. The lowest BCUT2D eigenvalue weighted by Crippen LogP contribution is -2.17. The number of ether oxygens (including phenoxy) is 4. The van der Waals surface area contributed by atoms with E-state index in [4.69, 9.17) is 25.1 Å². The fourth-order valence-corrected chi connectivity index (χ4v) is 10.7. The fraction of sp³-hybridized carbons (Fsp3) is 0.357. The number of alkyl halides is 6. The molecule has 10 aromatic carbocycles. The molecule has 0 saturated carbocycles. The van der Waals surface area contributed by atoms with Crippen LogP contribution in [-0.4, -0.2) is 42.9 Å². The van der Waals surface area contributed by atoms with E-state index in [2.05, 4.69) is 182 Å². The molecular formula is C98H121BrF6N4O8. The minimum Gasteiger partial charge on any atom is -0.508 e. The molecule has 0 bridgehead atoms. The van der Waals surface area contributed by atoms with Crippen LogP contribution in [-0.2, 0) is 4.79 Å². The van der Waals surface area contributed by atoms with E-state index < -0.39 is 12.7 Å². The first kappa shape index (κ1) is 104. The van der Waals surface area contributed by atoms with E-state index in [0.717, 1.165) is 45.0 Å². The molecule has 2 N–H and O–H groups in total. The molecule has 0 fully saturated rings. The average Bonchev–Trinajstić information content (AvgIpc) is 0.922. The van der Waals surface area contributed by atoms with E-state index >= 15 is 0 Å². The predicted molar refractivity (Wildman–Crippen MR) is 472 cm³/mol. The topological polar surface area (TPSA) is 177 Å². The van der Waals surface area contributed by atoms with Crippen molar-refractivity contribution in [2.24, 2.45) is 0 Å². The molecule has 10 aromatic rings. The number of nitro groups is 1. The van der Waals surface area contributed by atoms with Crippen LogP contribution in [0, 0.1) is 32.8 Å². The number of nitrogens with one attached hydrogen (secondary N) is 1. The van der Waals surface area contributed by atoms with Gasteiger partial charge >= 0.3 is 12.7 Å². The predicted octanol–water partition coefficient (Wildman–Crippen LogP) is 30.0. The van der Waals surface area contributed by atoms with Crippen molar-refractivity contribution in [1.82, 2.24) is 0 Å². The number of nitrogens with zero attached hydrogens (tertiary/aromatic N) is 3. The number of benzene rings is 10. The lowest BCUT2D eigenvalue weighted by atomic mass is 10.0. The number of nitro benzene ring substituents is 1. The van der Waals surface area contributed by atoms with Crippen molar-refractivity contribution in [2.45, 2.75) is 217 Å². The lowest BCUT2D eigenvalue weighted by Gasteiger charge is -2.11. The van der Waals surface area contributed by atoms with E-state index in [-0.39, 0.29) is 33.9 Å². The number of amides is 1. The zero-order chi connectivity index (χ0) is 88.7. The van der Waals surface area contributed by atoms with Crippen LogP contribution >= 0.6 is 15.9 Å². The molecule has 0 aliphatic heterocycles. The average molecular weight is 1680 g/mol. The van der Waals surface area contributed by atoms with Crippen LogP contribution < -0.4 is 24.3 Å². The summed E-state index contributed by atoms with van der Waals surface area (Å²) in [7, 11) is 3.38. The van der Waals surface area contributed by atoms with Gasteiger partial charge in [0, 0.05) is 29.2 Å². The third-order valence-corrected chi connectivity index (χ3v) is 17.9. The Balaban J connectivity index is 0.000000651. The van der Waals surface area contributed by atoms with Crippen LogP contribution in [0.2, 0.25) is 0 Å². The number of nitriles is 2. The van der Waals surface area contributed by atoms with Crippen molar-refractivity contribution in [2.75, 3.05) is 19.5 Å². The summed E-state index contributed by atoms with van der Waals surface area (Å²) in [6, 6.07) is 78.3. The maximum atomic E-state index is 11.9. The first-order valence-electron chi connectivity index (χ1n) is 39.0. The van der Waals surface area contributed by atoms with E-state index in [1.807, 2.05) is 163 Å². The highest BCUT2D eigenvalue weighted by Gasteiger charge is 2.32. The summed E-state index contributed by atoms with van der Waals surface area (Å²) in [6.07, 6.45) is -9.23. The largest absolute Gasteiger partial charge is 0.573 e. The van der Waals surface area contributed by atoms with Gasteiger partial charge in [0.05, 0.1) is 42.4 Å². The Bertz CT molecular complexity index is 4530. The van der Waals surface area contributed by atoms with Gasteiger partial charge in [-0.3, -0.25) is 14.9 Å². The summed E-state index contributed by atoms with van der Waals surface area (Å²) in [4.78, 5) is 20.7. The minimum atomic E-state index is -4.62. The van der Waals surface area contributed by atoms with Crippen molar-refractivity contribution in [3.8, 4) is 40.9 Å². The number of hydrogen-bond donors (Lipinski definition) is 2. The maximum absolute atomic E-state index is 11.9. The summed E-state index contributed by atoms with van der Waals surface area (Å²) in [5.41, 5.74) is 14.3. The number of anilines is 1. The maximum Gasteiger partial charge on any atom is 0.573 e. The van der Waals surface area contributed by atoms with Crippen molar-refractivity contribution >= 4 is 33.2 Å². The van der Waals surface area contributed by atoms with Gasteiger partial charge in [-0.25, -0.2) is 0 Å². The van der Waals surface area contributed by atoms with Crippen LogP contribution in [0.3, 0.4) is 0 Å². The van der Waals surface area contributed by atoms with Crippen LogP contribution in [0.1, 0.15) is 271 Å². The molecule has 0 heterocycles. The molecule has 117 heavy (non-hydrogen) atoms. The molecule has 19 heteroatoms. The number of phenols is 1. The Morgan fingerprint density at radius 1 is 0.385 bits per heavy atom. The third kappa shape index (κ3) is 45.9. The highest BCUT2D eigenvalue weighted by Crippen LogP contribution is 2.30. The summed E-state index contributed by atoms with van der Waals surface area (Å²) >= 11 is 3.50. The number of aromatic hydroxyl groups is 1. The highest BCUT2D eigenvalue weighted by molar-refractivity contribution is 9.10. The summed E-state index contributed by atoms with van der Waals surface area (Å²) in [6.45, 7) is 43.4. The Morgan fingerprint density at radius 3 is 1.07 bits per heavy atom. The van der Waals surface area contributed by atoms with E-state index in [1.54, 1.807) is 62.8 Å². The van der Waals surface area contributed by atoms with Crippen molar-refractivity contribution in [3.05, 3.63) is 324 Å². The number of methoxy groups -OCH3 is 2. The second-order valence-corrected chi connectivity index (χ2v) is 30.9. The molecule has 0 radical (unpaired) electrons. The van der Waals surface area contributed by atoms with Gasteiger partial charge < -0.3 is 29.4 Å². The Morgan fingerprint density at radius 2 is 0.718 bits per heavy atom. The second kappa shape index (κ2) is 54.9. The summed E-state index contributed by atoms with van der Waals surface area (Å²) in [5.74, 6) is 6.53. The van der Waals surface area contributed by atoms with Crippen molar-refractivity contribution in [1.29, 1.82) is 10.5 Å². The molecule has 10 rings (SSSR count). The quantitative estimate of drug-likeness (QED) is 0.0538. The normalized spacial score (nSPS) is 10.5. The van der Waals surface area contributed by atoms with E-state index in [0.29, 0.717) is 59.0 Å². The van der Waals surface area contributed by atoms with Crippen LogP contribution in [0.15, 0.2) is 247 Å². The molecule has 12 nitrogen and oxygen atoms in total. The smallest absolute Gasteiger partial charge is 0.508 e. The molecule has 0 saturated heterocycles. The first-order valence-corrected chi connectivity index (χ1v) is 39.8. The molecule has 0 aliphatic rings. The van der Waals surface area contributed by atoms with Crippen molar-refractivity contribution in [3.63, 3.8) is 0 Å². The van der Waals surface area contributed by atoms with Gasteiger partial charge in [0.15, 0.2) is 0 Å². The first-order chi connectivity index (χ1) is 54.8. The summed E-state index contributed by atoms with van der Waals surface area (Å²) < 4.78 is 89.8. The molecule has 0 aliphatic carbocycles. The van der Waals surface area contributed by atoms with Gasteiger partial charge in [0.2, 0.25) is 5.91 Å². The molecule has 0 aromatic heterocycles. The standard InChI is InChI=1S/C11H15NO.2C10H11F3O.2C10H11N.2C10H14O.C9H11Br.C9H11NO2.C9H12O/c1-8(2)10-4-6-11(7-5-10)12-9(3)13;1-7(2)8-3-5-9(6-4-8)14-10(11,12)13;1-7(2)8-4-3-5-9(6-8)14-10(11,12)13;1-8(2)10-5-3-9(7-11)4-6-10;1-8(2)10-5-3-4-9(6-10)7-11;1-8(2)9-4-6-10(11-3)7-5-9;1-8(2)9-5-4-6-10(7-9)11-3;1-7(2)8-5-3-4-6-9(8)10;1-7(2)8-4-3-5-9(6-8)10(11)12;1-7(2)8-4-3-5-9(10)6-8/h4-8H,1-3H3,(H,12,13);2*3-7H,1-2H3;2*3-6,8H,1-2H3;2*4-8H,1-3H3;3-7H,1-2H3;3-7H,1-2H3;3-7,10H,1-2H3. The minimum absolute atomic E-state index is 0.0303. The monoisotopic (exact) mass is 1670 g/mol. The Hall–Kier alpha value is -10.9. The van der Waals surface area contributed by atoms with Crippen molar-refractivity contribution < 1.29 is 60.1 Å². The molecular weight excluding hydrogens is 1550 g/mol. The van der Waals surface area contributed by atoms with Gasteiger partial charge in [0.1, 0.15) is 28.7 Å². The number of hydrogen-bond acceptors (Lipinski definition) is 10. The number of rotatable bonds is 16. The van der Waals surface area contributed by atoms with Gasteiger partial charge in [-0.15, -0.1) is 26.3 Å². The number of carbonyl (C=O) groups is 1. The molecule has 0 atom stereocenters. The number of non-ortho nitro benzene ring substituents is 1. The lowest BCUT2D eigenvalue weighted by molar-refractivity contribution is -0.384. The van der Waals surface area contributed by atoms with Gasteiger partial charge in [-0.1, -0.05) is 282 Å². The number of carbonyl (C=O) groups excluding carboxylic acids is 1. The SMILES string of the molecule is CC(=O)Nc1ccc(C(C)C)cc1.CC(C)c1ccc(C#N)cc1.CC(C)c1ccc(OC(F)(F)F)cc1.CC(C)c1cccc(C#N)c1.CC(C)c1cccc(O)c1.CC(C)c1cccc(OC(F)(F)F)c1.CC(C)c1cccc([N+](=O)[O-])c1.CC(C)c1ccccc1Br.COc1ccc(C(C)C)cc1.COc1cccc(C(C)C)c1.